The second-order valence-corrected chi connectivity index (χ2v) is 5.26. The summed E-state index contributed by atoms with van der Waals surface area (Å²) in [7, 11) is 0. The Morgan fingerprint density at radius 2 is 2.05 bits per heavy atom. The van der Waals surface area contributed by atoms with Crippen LogP contribution in [0.5, 0.6) is 0 Å². The topological polar surface area (TPSA) is 36.4 Å². The van der Waals surface area contributed by atoms with Crippen LogP contribution >= 0.6 is 11.6 Å². The third-order valence-corrected chi connectivity index (χ3v) is 3.60. The number of hydrogen-bond acceptors (Lipinski definition) is 3. The molecule has 1 aromatic heterocycles. The number of rotatable bonds is 1. The van der Waals surface area contributed by atoms with E-state index in [1.165, 1.54) is 24.4 Å². The SMILES string of the molecule is CC(F)(F)C1c2cc(Cl)ccc2N(O)c2ncccc21. The van der Waals surface area contributed by atoms with Gasteiger partial charge < -0.3 is 0 Å². The lowest BCUT2D eigenvalue weighted by molar-refractivity contribution is 0.00362. The molecule has 0 spiro atoms. The molecule has 0 bridgehead atoms. The molecule has 3 nitrogen and oxygen atoms in total. The van der Waals surface area contributed by atoms with Crippen LogP contribution in [0.25, 0.3) is 0 Å². The van der Waals surface area contributed by atoms with Crippen LogP contribution in [0.1, 0.15) is 24.0 Å². The van der Waals surface area contributed by atoms with Gasteiger partial charge in [0.15, 0.2) is 5.82 Å². The molecule has 1 aromatic carbocycles. The number of anilines is 2. The second kappa shape index (κ2) is 4.40. The Labute approximate surface area is 119 Å². The molecule has 0 saturated carbocycles. The lowest BCUT2D eigenvalue weighted by atomic mass is 9.83. The third kappa shape index (κ3) is 1.94. The number of pyridine rings is 1. The van der Waals surface area contributed by atoms with Gasteiger partial charge in [-0.15, -0.1) is 0 Å². The number of fused-ring (bicyclic) bond motifs is 2. The van der Waals surface area contributed by atoms with E-state index in [2.05, 4.69) is 4.98 Å². The van der Waals surface area contributed by atoms with E-state index >= 15 is 0 Å². The van der Waals surface area contributed by atoms with Crippen molar-refractivity contribution in [3.63, 3.8) is 0 Å². The average Bonchev–Trinajstić information content (AvgIpc) is 2.37. The van der Waals surface area contributed by atoms with Crippen LogP contribution < -0.4 is 5.06 Å². The van der Waals surface area contributed by atoms with E-state index in [0.29, 0.717) is 5.02 Å². The Kier molecular flexibility index (Phi) is 2.92. The summed E-state index contributed by atoms with van der Waals surface area (Å²) in [5, 5.41) is 11.3. The van der Waals surface area contributed by atoms with E-state index in [9.17, 15) is 14.0 Å². The minimum atomic E-state index is -3.00. The first kappa shape index (κ1) is 13.3. The summed E-state index contributed by atoms with van der Waals surface area (Å²) in [6.45, 7) is 0.853. The van der Waals surface area contributed by atoms with Crippen molar-refractivity contribution in [2.75, 3.05) is 5.06 Å². The van der Waals surface area contributed by atoms with E-state index in [0.717, 1.165) is 12.0 Å². The van der Waals surface area contributed by atoms with Gasteiger partial charge in [-0.05, 0) is 29.8 Å². The maximum atomic E-state index is 14.1. The Morgan fingerprint density at radius 3 is 2.75 bits per heavy atom. The highest BCUT2D eigenvalue weighted by Crippen LogP contribution is 2.50. The standard InChI is InChI=1S/C14H11ClF2N2O/c1-14(16,17)12-9-3-2-6-18-13(9)19(20)11-5-4-8(15)7-10(11)12/h2-7,12,20H,1H3. The molecule has 20 heavy (non-hydrogen) atoms. The summed E-state index contributed by atoms with van der Waals surface area (Å²) in [6, 6.07) is 7.62. The number of benzene rings is 1. The molecule has 2 aromatic rings. The van der Waals surface area contributed by atoms with Crippen molar-refractivity contribution in [1.82, 2.24) is 4.98 Å². The average molecular weight is 297 g/mol. The van der Waals surface area contributed by atoms with Crippen molar-refractivity contribution in [3.8, 4) is 0 Å². The summed E-state index contributed by atoms with van der Waals surface area (Å²) >= 11 is 5.91. The highest BCUT2D eigenvalue weighted by molar-refractivity contribution is 6.30. The predicted molar refractivity (Wildman–Crippen MR) is 72.1 cm³/mol. The van der Waals surface area contributed by atoms with Gasteiger partial charge in [0.25, 0.3) is 5.92 Å². The minimum absolute atomic E-state index is 0.119. The summed E-state index contributed by atoms with van der Waals surface area (Å²) in [4.78, 5) is 3.99. The Morgan fingerprint density at radius 1 is 1.30 bits per heavy atom. The monoisotopic (exact) mass is 296 g/mol. The molecule has 104 valence electrons. The molecule has 3 rings (SSSR count). The van der Waals surface area contributed by atoms with Crippen molar-refractivity contribution in [2.45, 2.75) is 18.8 Å². The van der Waals surface area contributed by atoms with E-state index in [1.807, 2.05) is 0 Å². The van der Waals surface area contributed by atoms with Crippen LogP contribution in [-0.2, 0) is 0 Å². The number of alkyl halides is 2. The van der Waals surface area contributed by atoms with Crippen LogP contribution in [-0.4, -0.2) is 16.1 Å². The second-order valence-electron chi connectivity index (χ2n) is 4.82. The van der Waals surface area contributed by atoms with Crippen molar-refractivity contribution >= 4 is 23.1 Å². The van der Waals surface area contributed by atoms with Gasteiger partial charge in [0.1, 0.15) is 0 Å². The minimum Gasteiger partial charge on any atom is -0.282 e. The molecule has 0 amide bonds. The molecule has 1 aliphatic rings. The van der Waals surface area contributed by atoms with E-state index in [1.54, 1.807) is 12.1 Å². The Bertz CT molecular complexity index is 672. The molecule has 1 atom stereocenters. The van der Waals surface area contributed by atoms with Gasteiger partial charge >= 0.3 is 0 Å². The number of aromatic nitrogens is 1. The van der Waals surface area contributed by atoms with Gasteiger partial charge in [-0.2, -0.15) is 0 Å². The van der Waals surface area contributed by atoms with Gasteiger partial charge in [0, 0.05) is 23.7 Å². The van der Waals surface area contributed by atoms with Crippen LogP contribution in [0.15, 0.2) is 36.5 Å². The zero-order valence-corrected chi connectivity index (χ0v) is 11.3. The molecule has 0 radical (unpaired) electrons. The highest BCUT2D eigenvalue weighted by atomic mass is 35.5. The van der Waals surface area contributed by atoms with Crippen molar-refractivity contribution in [3.05, 3.63) is 52.7 Å². The molecular weight excluding hydrogens is 286 g/mol. The van der Waals surface area contributed by atoms with Gasteiger partial charge in [0.2, 0.25) is 0 Å². The third-order valence-electron chi connectivity index (χ3n) is 3.36. The van der Waals surface area contributed by atoms with Gasteiger partial charge in [-0.1, -0.05) is 17.7 Å². The van der Waals surface area contributed by atoms with Crippen molar-refractivity contribution in [2.24, 2.45) is 0 Å². The molecule has 0 fully saturated rings. The van der Waals surface area contributed by atoms with Crippen LogP contribution in [0.2, 0.25) is 5.02 Å². The zero-order valence-electron chi connectivity index (χ0n) is 10.5. The molecule has 1 aliphatic heterocycles. The number of hydrogen-bond donors (Lipinski definition) is 1. The van der Waals surface area contributed by atoms with Crippen LogP contribution in [0, 0.1) is 0 Å². The van der Waals surface area contributed by atoms with Gasteiger partial charge in [-0.25, -0.2) is 18.8 Å². The summed E-state index contributed by atoms with van der Waals surface area (Å²) in [5.41, 5.74) is 0.831. The maximum Gasteiger partial charge on any atom is 0.256 e. The molecule has 0 saturated heterocycles. The Hall–Kier alpha value is -1.72. The molecular formula is C14H11ClF2N2O. The molecule has 1 N–H and O–H groups in total. The lowest BCUT2D eigenvalue weighted by Crippen LogP contribution is -2.31. The van der Waals surface area contributed by atoms with E-state index in [4.69, 9.17) is 11.6 Å². The smallest absolute Gasteiger partial charge is 0.256 e. The largest absolute Gasteiger partial charge is 0.282 e. The first-order chi connectivity index (χ1) is 9.39. The summed E-state index contributed by atoms with van der Waals surface area (Å²) in [5.74, 6) is -4.07. The number of nitrogens with zero attached hydrogens (tertiary/aromatic N) is 2. The summed E-state index contributed by atoms with van der Waals surface area (Å²) in [6.07, 6.45) is 1.45. The predicted octanol–water partition coefficient (Wildman–Crippen LogP) is 4.36. The molecule has 6 heteroatoms. The van der Waals surface area contributed by atoms with E-state index < -0.39 is 11.8 Å². The highest BCUT2D eigenvalue weighted by Gasteiger charge is 2.43. The first-order valence-electron chi connectivity index (χ1n) is 6.01. The molecule has 2 heterocycles. The maximum absolute atomic E-state index is 14.1. The lowest BCUT2D eigenvalue weighted by Gasteiger charge is -2.35. The zero-order chi connectivity index (χ0) is 14.5. The van der Waals surface area contributed by atoms with Crippen LogP contribution in [0.4, 0.5) is 20.3 Å². The quantitative estimate of drug-likeness (QED) is 0.849. The summed E-state index contributed by atoms with van der Waals surface area (Å²) < 4.78 is 28.1. The molecule has 0 aliphatic carbocycles. The molecule has 1 unspecified atom stereocenters. The van der Waals surface area contributed by atoms with Gasteiger partial charge in [0.05, 0.1) is 11.6 Å². The Balaban J connectivity index is 2.31. The van der Waals surface area contributed by atoms with Gasteiger partial charge in [-0.3, -0.25) is 5.21 Å². The number of halogens is 3. The van der Waals surface area contributed by atoms with Crippen molar-refractivity contribution in [1.29, 1.82) is 0 Å². The normalized spacial score (nSPS) is 17.6. The van der Waals surface area contributed by atoms with Crippen LogP contribution in [0.3, 0.4) is 0 Å². The fourth-order valence-corrected chi connectivity index (χ4v) is 2.77. The fourth-order valence-electron chi connectivity index (χ4n) is 2.59. The first-order valence-corrected chi connectivity index (χ1v) is 6.38. The van der Waals surface area contributed by atoms with Crippen molar-refractivity contribution < 1.29 is 14.0 Å². The fraction of sp³-hybridized carbons (Fsp3) is 0.214. The van der Waals surface area contributed by atoms with E-state index in [-0.39, 0.29) is 22.6 Å².